The molecular formula is C23H35IN4O3S. The quantitative estimate of drug-likeness (QED) is 0.229. The minimum absolute atomic E-state index is 0. The molecule has 0 amide bonds. The molecule has 7 nitrogen and oxygen atoms in total. The molecule has 2 aromatic rings. The zero-order valence-corrected chi connectivity index (χ0v) is 22.6. The van der Waals surface area contributed by atoms with Gasteiger partial charge in [-0.05, 0) is 50.5 Å². The summed E-state index contributed by atoms with van der Waals surface area (Å²) in [5.41, 5.74) is 3.80. The number of nitrogens with one attached hydrogen (secondary N) is 3. The molecule has 0 saturated heterocycles. The molecule has 9 heteroatoms. The Morgan fingerprint density at radius 2 is 1.75 bits per heavy atom. The van der Waals surface area contributed by atoms with Crippen LogP contribution in [0.4, 0.5) is 0 Å². The third-order valence-corrected chi connectivity index (χ3v) is 6.04. The number of halogens is 1. The van der Waals surface area contributed by atoms with Gasteiger partial charge in [-0.15, -0.1) is 24.0 Å². The molecule has 0 radical (unpaired) electrons. The topological polar surface area (TPSA) is 91.8 Å². The summed E-state index contributed by atoms with van der Waals surface area (Å²) in [6, 6.07) is 13.4. The number of hydrogen-bond acceptors (Lipinski definition) is 4. The Morgan fingerprint density at radius 3 is 2.38 bits per heavy atom. The summed E-state index contributed by atoms with van der Waals surface area (Å²) in [6.07, 6.45) is 0. The number of aryl methyl sites for hydroxylation is 1. The van der Waals surface area contributed by atoms with Crippen LogP contribution in [0.3, 0.4) is 0 Å². The van der Waals surface area contributed by atoms with Gasteiger partial charge in [0.25, 0.3) is 0 Å². The molecular weight excluding hydrogens is 539 g/mol. The molecule has 178 valence electrons. The number of guanidine groups is 1. The Bertz CT molecular complexity index is 994. The van der Waals surface area contributed by atoms with Crippen molar-refractivity contribution in [2.24, 2.45) is 4.99 Å². The minimum atomic E-state index is -3.40. The van der Waals surface area contributed by atoms with Crippen LogP contribution in [0, 0.1) is 6.92 Å². The molecule has 0 saturated carbocycles. The molecule has 3 N–H and O–H groups in total. The summed E-state index contributed by atoms with van der Waals surface area (Å²) in [5, 5.41) is 6.54. The molecule has 0 spiro atoms. The van der Waals surface area contributed by atoms with Gasteiger partial charge in [0.05, 0.1) is 19.4 Å². The third-order valence-electron chi connectivity index (χ3n) is 4.52. The van der Waals surface area contributed by atoms with Crippen molar-refractivity contribution >= 4 is 40.0 Å². The van der Waals surface area contributed by atoms with Gasteiger partial charge >= 0.3 is 0 Å². The highest BCUT2D eigenvalue weighted by molar-refractivity contribution is 14.0. The SMILES string of the molecule is CCNC(=NCc1ccc(C)cc1OC)NCc1ccccc1CS(=O)(=O)NC(C)C.I. The van der Waals surface area contributed by atoms with Crippen LogP contribution in [0.25, 0.3) is 0 Å². The minimum Gasteiger partial charge on any atom is -0.496 e. The maximum absolute atomic E-state index is 12.4. The van der Waals surface area contributed by atoms with Gasteiger partial charge in [0.15, 0.2) is 5.96 Å². The molecule has 0 aromatic heterocycles. The predicted octanol–water partition coefficient (Wildman–Crippen LogP) is 3.70. The Labute approximate surface area is 209 Å². The van der Waals surface area contributed by atoms with Crippen molar-refractivity contribution in [3.05, 3.63) is 64.7 Å². The fourth-order valence-corrected chi connectivity index (χ4v) is 4.64. The van der Waals surface area contributed by atoms with Crippen molar-refractivity contribution in [3.63, 3.8) is 0 Å². The number of aliphatic imine (C=N–C) groups is 1. The summed E-state index contributed by atoms with van der Waals surface area (Å²) >= 11 is 0. The van der Waals surface area contributed by atoms with E-state index >= 15 is 0 Å². The molecule has 0 aliphatic carbocycles. The van der Waals surface area contributed by atoms with Gasteiger partial charge in [-0.1, -0.05) is 36.4 Å². The standard InChI is InChI=1S/C23H34N4O3S.HI/c1-6-24-23(26-15-20-12-11-18(4)13-22(20)30-5)25-14-19-9-7-8-10-21(19)16-31(28,29)27-17(2)3;/h7-13,17,27H,6,14-16H2,1-5H3,(H2,24,25,26);1H. The molecule has 0 aliphatic heterocycles. The van der Waals surface area contributed by atoms with Gasteiger partial charge in [-0.25, -0.2) is 18.1 Å². The molecule has 0 fully saturated rings. The first kappa shape index (κ1) is 28.2. The van der Waals surface area contributed by atoms with Crippen LogP contribution in [0.15, 0.2) is 47.5 Å². The van der Waals surface area contributed by atoms with Crippen LogP contribution in [0.5, 0.6) is 5.75 Å². The zero-order valence-electron chi connectivity index (χ0n) is 19.4. The fraction of sp³-hybridized carbons (Fsp3) is 0.435. The number of benzene rings is 2. The largest absolute Gasteiger partial charge is 0.496 e. The van der Waals surface area contributed by atoms with Crippen LogP contribution < -0.4 is 20.1 Å². The summed E-state index contributed by atoms with van der Waals surface area (Å²) in [7, 11) is -1.74. The lowest BCUT2D eigenvalue weighted by molar-refractivity contribution is 0.409. The van der Waals surface area contributed by atoms with E-state index in [1.807, 2.05) is 70.2 Å². The van der Waals surface area contributed by atoms with E-state index in [9.17, 15) is 8.42 Å². The van der Waals surface area contributed by atoms with E-state index in [0.29, 0.717) is 25.6 Å². The molecule has 32 heavy (non-hydrogen) atoms. The highest BCUT2D eigenvalue weighted by atomic mass is 127. The molecule has 0 aliphatic rings. The van der Waals surface area contributed by atoms with Crippen molar-refractivity contribution in [2.45, 2.75) is 52.6 Å². The van der Waals surface area contributed by atoms with Crippen molar-refractivity contribution < 1.29 is 13.2 Å². The molecule has 0 unspecified atom stereocenters. The number of ether oxygens (including phenoxy) is 1. The Morgan fingerprint density at radius 1 is 1.06 bits per heavy atom. The second kappa shape index (κ2) is 13.6. The summed E-state index contributed by atoms with van der Waals surface area (Å²) in [6.45, 7) is 9.29. The van der Waals surface area contributed by atoms with Crippen molar-refractivity contribution in [3.8, 4) is 5.75 Å². The summed E-state index contributed by atoms with van der Waals surface area (Å²) in [4.78, 5) is 4.66. The molecule has 2 aromatic carbocycles. The van der Waals surface area contributed by atoms with Crippen LogP contribution in [0.1, 0.15) is 43.0 Å². The first-order chi connectivity index (χ1) is 14.7. The Kier molecular flexibility index (Phi) is 12.0. The molecule has 0 atom stereocenters. The van der Waals surface area contributed by atoms with Crippen LogP contribution in [-0.4, -0.2) is 34.1 Å². The maximum Gasteiger partial charge on any atom is 0.216 e. The number of nitrogens with zero attached hydrogens (tertiary/aromatic N) is 1. The van der Waals surface area contributed by atoms with Gasteiger partial charge in [-0.3, -0.25) is 0 Å². The second-order valence-corrected chi connectivity index (χ2v) is 9.42. The van der Waals surface area contributed by atoms with Crippen LogP contribution in [0.2, 0.25) is 0 Å². The third kappa shape index (κ3) is 9.33. The monoisotopic (exact) mass is 574 g/mol. The van der Waals surface area contributed by atoms with E-state index in [0.717, 1.165) is 28.0 Å². The van der Waals surface area contributed by atoms with Crippen molar-refractivity contribution in [1.82, 2.24) is 15.4 Å². The van der Waals surface area contributed by atoms with Gasteiger partial charge in [0, 0.05) is 24.7 Å². The van der Waals surface area contributed by atoms with Gasteiger partial charge in [0.1, 0.15) is 5.75 Å². The predicted molar refractivity (Wildman–Crippen MR) is 142 cm³/mol. The second-order valence-electron chi connectivity index (χ2n) is 7.66. The fourth-order valence-electron chi connectivity index (χ4n) is 3.14. The molecule has 0 heterocycles. The number of methoxy groups -OCH3 is 1. The number of rotatable bonds is 10. The molecule has 0 bridgehead atoms. The number of hydrogen-bond donors (Lipinski definition) is 3. The Hall–Kier alpha value is -1.85. The van der Waals surface area contributed by atoms with Crippen LogP contribution in [-0.2, 0) is 28.9 Å². The van der Waals surface area contributed by atoms with E-state index in [4.69, 9.17) is 4.74 Å². The highest BCUT2D eigenvalue weighted by Gasteiger charge is 2.15. The lowest BCUT2D eigenvalue weighted by Crippen LogP contribution is -2.37. The van der Waals surface area contributed by atoms with E-state index in [-0.39, 0.29) is 35.8 Å². The van der Waals surface area contributed by atoms with Gasteiger partial charge < -0.3 is 15.4 Å². The lowest BCUT2D eigenvalue weighted by Gasteiger charge is -2.15. The normalized spacial score (nSPS) is 11.8. The summed E-state index contributed by atoms with van der Waals surface area (Å²) < 4.78 is 32.8. The van der Waals surface area contributed by atoms with E-state index in [1.165, 1.54) is 0 Å². The maximum atomic E-state index is 12.4. The lowest BCUT2D eigenvalue weighted by atomic mass is 10.1. The van der Waals surface area contributed by atoms with E-state index < -0.39 is 10.0 Å². The number of sulfonamides is 1. The Balaban J connectivity index is 0.00000512. The van der Waals surface area contributed by atoms with Crippen LogP contribution >= 0.6 is 24.0 Å². The van der Waals surface area contributed by atoms with Crippen molar-refractivity contribution in [1.29, 1.82) is 0 Å². The smallest absolute Gasteiger partial charge is 0.216 e. The van der Waals surface area contributed by atoms with E-state index in [1.54, 1.807) is 7.11 Å². The first-order valence-electron chi connectivity index (χ1n) is 10.5. The highest BCUT2D eigenvalue weighted by Crippen LogP contribution is 2.20. The van der Waals surface area contributed by atoms with Gasteiger partial charge in [0.2, 0.25) is 10.0 Å². The average molecular weight is 575 g/mol. The summed E-state index contributed by atoms with van der Waals surface area (Å²) in [5.74, 6) is 1.41. The average Bonchev–Trinajstić information content (AvgIpc) is 2.70. The van der Waals surface area contributed by atoms with Crippen molar-refractivity contribution in [2.75, 3.05) is 13.7 Å². The van der Waals surface area contributed by atoms with Gasteiger partial charge in [-0.2, -0.15) is 0 Å². The zero-order chi connectivity index (χ0) is 22.9. The first-order valence-corrected chi connectivity index (χ1v) is 12.1. The van der Waals surface area contributed by atoms with E-state index in [2.05, 4.69) is 20.3 Å². The molecule has 2 rings (SSSR count).